The van der Waals surface area contributed by atoms with E-state index >= 15 is 0 Å². The van der Waals surface area contributed by atoms with Gasteiger partial charge in [-0.2, -0.15) is 18.4 Å². The molecule has 1 atom stereocenters. The van der Waals surface area contributed by atoms with E-state index in [4.69, 9.17) is 16.3 Å². The van der Waals surface area contributed by atoms with Crippen molar-refractivity contribution in [3.05, 3.63) is 100 Å². The van der Waals surface area contributed by atoms with Crippen LogP contribution < -0.4 is 10.2 Å². The van der Waals surface area contributed by atoms with Gasteiger partial charge in [0.25, 0.3) is 5.91 Å². The zero-order valence-electron chi connectivity index (χ0n) is 19.7. The molecular formula is C27H21ClF3N3O3. The second-order valence-electron chi connectivity index (χ2n) is 8.03. The minimum atomic E-state index is -4.66. The van der Waals surface area contributed by atoms with Crippen LogP contribution in [0.25, 0.3) is 6.08 Å². The number of nitriles is 1. The van der Waals surface area contributed by atoms with Gasteiger partial charge < -0.3 is 15.0 Å². The molecule has 0 saturated heterocycles. The Labute approximate surface area is 216 Å². The van der Waals surface area contributed by atoms with Gasteiger partial charge >= 0.3 is 12.1 Å². The molecule has 0 spiro atoms. The van der Waals surface area contributed by atoms with Gasteiger partial charge in [0.15, 0.2) is 0 Å². The number of benzene rings is 3. The molecule has 3 aromatic rings. The second kappa shape index (κ2) is 11.6. The molecule has 0 aromatic heterocycles. The van der Waals surface area contributed by atoms with Crippen molar-refractivity contribution in [2.24, 2.45) is 0 Å². The van der Waals surface area contributed by atoms with Crippen molar-refractivity contribution in [2.45, 2.75) is 12.3 Å². The number of nitrogens with zero attached hydrogens (tertiary/aromatic N) is 2. The van der Waals surface area contributed by atoms with Gasteiger partial charge in [0.05, 0.1) is 16.3 Å². The minimum Gasteiger partial charge on any atom is -0.443 e. The summed E-state index contributed by atoms with van der Waals surface area (Å²) >= 11 is 6.00. The molecule has 0 aliphatic carbocycles. The summed E-state index contributed by atoms with van der Waals surface area (Å²) in [7, 11) is 3.73. The normalized spacial score (nSPS) is 12.3. The molecule has 1 N–H and O–H groups in total. The number of carbonyl (C=O) groups excluding carboxylic acids is 2. The summed E-state index contributed by atoms with van der Waals surface area (Å²) in [4.78, 5) is 27.8. The molecule has 0 heterocycles. The summed E-state index contributed by atoms with van der Waals surface area (Å²) in [6.07, 6.45) is -4.93. The highest BCUT2D eigenvalue weighted by molar-refractivity contribution is 6.33. The van der Waals surface area contributed by atoms with Gasteiger partial charge in [0.2, 0.25) is 6.10 Å². The number of hydrogen-bond donors (Lipinski definition) is 1. The minimum absolute atomic E-state index is 0.140. The third-order valence-corrected chi connectivity index (χ3v) is 5.51. The SMILES string of the molecule is CN(C)c1ccc(C=C(C#N)C(=O)OC(C(=O)Nc2cc(C(F)(F)F)ccc2Cl)c2ccccc2)cc1. The van der Waals surface area contributed by atoms with Crippen molar-refractivity contribution in [2.75, 3.05) is 24.3 Å². The first-order chi connectivity index (χ1) is 17.5. The number of carbonyl (C=O) groups is 2. The zero-order valence-corrected chi connectivity index (χ0v) is 20.5. The molecule has 37 heavy (non-hydrogen) atoms. The average molecular weight is 528 g/mol. The maximum Gasteiger partial charge on any atom is 0.416 e. The number of nitrogens with one attached hydrogen (secondary N) is 1. The monoisotopic (exact) mass is 527 g/mol. The Morgan fingerprint density at radius 1 is 1.05 bits per heavy atom. The van der Waals surface area contributed by atoms with E-state index in [1.54, 1.807) is 48.5 Å². The Hall–Kier alpha value is -4.29. The van der Waals surface area contributed by atoms with E-state index in [-0.39, 0.29) is 21.8 Å². The van der Waals surface area contributed by atoms with Crippen molar-refractivity contribution in [1.82, 2.24) is 0 Å². The number of esters is 1. The lowest BCUT2D eigenvalue weighted by atomic mass is 10.1. The van der Waals surface area contributed by atoms with E-state index in [0.717, 1.165) is 17.8 Å². The van der Waals surface area contributed by atoms with E-state index in [0.29, 0.717) is 11.6 Å². The number of rotatable bonds is 7. The molecule has 0 fully saturated rings. The molecule has 10 heteroatoms. The summed E-state index contributed by atoms with van der Waals surface area (Å²) < 4.78 is 44.8. The van der Waals surface area contributed by atoms with E-state index in [1.807, 2.05) is 19.0 Å². The molecule has 0 saturated carbocycles. The van der Waals surface area contributed by atoms with Crippen LogP contribution in [0.5, 0.6) is 0 Å². The largest absolute Gasteiger partial charge is 0.443 e. The van der Waals surface area contributed by atoms with E-state index in [2.05, 4.69) is 5.32 Å². The Morgan fingerprint density at radius 2 is 1.70 bits per heavy atom. The van der Waals surface area contributed by atoms with Crippen molar-refractivity contribution < 1.29 is 27.5 Å². The van der Waals surface area contributed by atoms with Crippen LogP contribution >= 0.6 is 11.6 Å². The topological polar surface area (TPSA) is 82.4 Å². The predicted molar refractivity (Wildman–Crippen MR) is 135 cm³/mol. The highest BCUT2D eigenvalue weighted by Gasteiger charge is 2.32. The van der Waals surface area contributed by atoms with Crippen LogP contribution in [-0.4, -0.2) is 26.0 Å². The second-order valence-corrected chi connectivity index (χ2v) is 8.44. The number of alkyl halides is 3. The molecule has 0 aliphatic rings. The zero-order chi connectivity index (χ0) is 27.2. The van der Waals surface area contributed by atoms with Gasteiger partial charge in [-0.25, -0.2) is 4.79 Å². The molecule has 0 bridgehead atoms. The Morgan fingerprint density at radius 3 is 2.27 bits per heavy atom. The lowest BCUT2D eigenvalue weighted by molar-refractivity contribution is -0.150. The van der Waals surface area contributed by atoms with E-state index < -0.39 is 29.7 Å². The van der Waals surface area contributed by atoms with Gasteiger partial charge in [0, 0.05) is 25.3 Å². The quantitative estimate of drug-likeness (QED) is 0.223. The number of hydrogen-bond acceptors (Lipinski definition) is 5. The van der Waals surface area contributed by atoms with Crippen molar-refractivity contribution in [3.63, 3.8) is 0 Å². The highest BCUT2D eigenvalue weighted by Crippen LogP contribution is 2.34. The average Bonchev–Trinajstić information content (AvgIpc) is 2.87. The Balaban J connectivity index is 1.89. The lowest BCUT2D eigenvalue weighted by Crippen LogP contribution is -2.26. The van der Waals surface area contributed by atoms with Crippen LogP contribution in [-0.2, 0) is 20.5 Å². The first kappa shape index (κ1) is 27.3. The summed E-state index contributed by atoms with van der Waals surface area (Å²) in [6.45, 7) is 0. The van der Waals surface area contributed by atoms with Crippen molar-refractivity contribution >= 4 is 40.9 Å². The van der Waals surface area contributed by atoms with Crippen LogP contribution in [0.1, 0.15) is 22.8 Å². The summed E-state index contributed by atoms with van der Waals surface area (Å²) in [6, 6.07) is 19.1. The first-order valence-corrected chi connectivity index (χ1v) is 11.2. The highest BCUT2D eigenvalue weighted by atomic mass is 35.5. The van der Waals surface area contributed by atoms with E-state index in [9.17, 15) is 28.0 Å². The molecule has 3 aromatic carbocycles. The van der Waals surface area contributed by atoms with Crippen LogP contribution in [0.15, 0.2) is 78.4 Å². The maximum absolute atomic E-state index is 13.1. The van der Waals surface area contributed by atoms with Crippen molar-refractivity contribution in [1.29, 1.82) is 5.26 Å². The standard InChI is InChI=1S/C27H21ClF3N3O3/c1-34(2)21-11-8-17(9-12-21)14-19(16-32)26(36)37-24(18-6-4-3-5-7-18)25(35)33-23-15-20(27(29,30)31)10-13-22(23)28/h3-15,24H,1-2H3,(H,33,35). The molecule has 190 valence electrons. The Kier molecular flexibility index (Phi) is 8.58. The van der Waals surface area contributed by atoms with Gasteiger partial charge in [-0.3, -0.25) is 4.79 Å². The number of amides is 1. The molecule has 0 aliphatic heterocycles. The van der Waals surface area contributed by atoms with Crippen LogP contribution in [0.2, 0.25) is 5.02 Å². The summed E-state index contributed by atoms with van der Waals surface area (Å²) in [5.41, 5.74) is 0.00122. The van der Waals surface area contributed by atoms with Crippen molar-refractivity contribution in [3.8, 4) is 6.07 Å². The molecule has 0 radical (unpaired) electrons. The van der Waals surface area contributed by atoms with Gasteiger partial charge in [0.1, 0.15) is 11.6 Å². The summed E-state index contributed by atoms with van der Waals surface area (Å²) in [5.74, 6) is -2.04. The van der Waals surface area contributed by atoms with E-state index in [1.165, 1.54) is 18.2 Å². The predicted octanol–water partition coefficient (Wildman–Crippen LogP) is 6.25. The van der Waals surface area contributed by atoms with Crippen LogP contribution in [0.4, 0.5) is 24.5 Å². The van der Waals surface area contributed by atoms with Gasteiger partial charge in [-0.05, 0) is 42.0 Å². The number of anilines is 2. The van der Waals surface area contributed by atoms with Gasteiger partial charge in [-0.1, -0.05) is 54.1 Å². The fourth-order valence-corrected chi connectivity index (χ4v) is 3.40. The maximum atomic E-state index is 13.1. The molecule has 1 unspecified atom stereocenters. The fraction of sp³-hybridized carbons (Fsp3) is 0.148. The fourth-order valence-electron chi connectivity index (χ4n) is 3.24. The molecule has 3 rings (SSSR count). The third-order valence-electron chi connectivity index (χ3n) is 5.18. The first-order valence-electron chi connectivity index (χ1n) is 10.8. The molecule has 6 nitrogen and oxygen atoms in total. The van der Waals surface area contributed by atoms with Crippen LogP contribution in [0.3, 0.4) is 0 Å². The number of ether oxygens (including phenoxy) is 1. The Bertz CT molecular complexity index is 1350. The van der Waals surface area contributed by atoms with Gasteiger partial charge in [-0.15, -0.1) is 0 Å². The summed E-state index contributed by atoms with van der Waals surface area (Å²) in [5, 5.41) is 11.7. The number of halogens is 4. The van der Waals surface area contributed by atoms with Crippen LogP contribution in [0, 0.1) is 11.3 Å². The smallest absolute Gasteiger partial charge is 0.416 e. The third kappa shape index (κ3) is 7.12. The molecule has 1 amide bonds. The molecular weight excluding hydrogens is 507 g/mol. The lowest BCUT2D eigenvalue weighted by Gasteiger charge is -2.19.